The topological polar surface area (TPSA) is 93.2 Å². The van der Waals surface area contributed by atoms with Crippen LogP contribution >= 0.6 is 0 Å². The van der Waals surface area contributed by atoms with Gasteiger partial charge in [-0.3, -0.25) is 19.3 Å². The second kappa shape index (κ2) is 9.59. The van der Waals surface area contributed by atoms with Crippen molar-refractivity contribution in [2.45, 2.75) is 26.4 Å². The number of fused-ring (bicyclic) bond motifs is 1. The van der Waals surface area contributed by atoms with Crippen LogP contribution in [0, 0.1) is 5.82 Å². The van der Waals surface area contributed by atoms with Gasteiger partial charge >= 0.3 is 5.97 Å². The van der Waals surface area contributed by atoms with E-state index in [-0.39, 0.29) is 23.4 Å². The van der Waals surface area contributed by atoms with E-state index in [0.29, 0.717) is 12.1 Å². The van der Waals surface area contributed by atoms with Gasteiger partial charge in [-0.2, -0.15) is 0 Å². The molecule has 0 spiro atoms. The van der Waals surface area contributed by atoms with Crippen molar-refractivity contribution in [3.05, 3.63) is 65.0 Å². The Morgan fingerprint density at radius 2 is 1.72 bits per heavy atom. The van der Waals surface area contributed by atoms with Crippen molar-refractivity contribution in [3.8, 4) is 5.75 Å². The van der Waals surface area contributed by atoms with Crippen molar-refractivity contribution in [1.82, 2.24) is 9.80 Å². The lowest BCUT2D eigenvalue weighted by Gasteiger charge is -2.23. The Hall–Kier alpha value is -3.75. The lowest BCUT2D eigenvalue weighted by Crippen LogP contribution is -2.44. The highest BCUT2D eigenvalue weighted by atomic mass is 19.1. The molecular formula is C23H23FN2O6. The number of carbonyl (C=O) groups excluding carboxylic acids is 4. The molecule has 3 rings (SSSR count). The summed E-state index contributed by atoms with van der Waals surface area (Å²) in [5.41, 5.74) is 0.985. The molecule has 8 nitrogen and oxygen atoms in total. The Balaban J connectivity index is 1.60. The SMILES string of the molecule is CCN(Cc1ccc(OC)c(F)c1)C(=O)COC(=O)C(C)N1C(=O)c2ccccc2C1=O. The molecule has 2 aromatic rings. The van der Waals surface area contributed by atoms with Crippen LogP contribution in [0.25, 0.3) is 0 Å². The molecule has 2 aromatic carbocycles. The molecular weight excluding hydrogens is 419 g/mol. The molecule has 0 radical (unpaired) electrons. The highest BCUT2D eigenvalue weighted by Gasteiger charge is 2.41. The van der Waals surface area contributed by atoms with Crippen LogP contribution in [0.3, 0.4) is 0 Å². The van der Waals surface area contributed by atoms with Crippen molar-refractivity contribution in [2.24, 2.45) is 0 Å². The Kier molecular flexibility index (Phi) is 6.87. The third-order valence-electron chi connectivity index (χ3n) is 5.22. The number of hydrogen-bond donors (Lipinski definition) is 0. The molecule has 0 aromatic heterocycles. The second-order valence-electron chi connectivity index (χ2n) is 7.19. The van der Waals surface area contributed by atoms with Gasteiger partial charge in [-0.05, 0) is 43.7 Å². The van der Waals surface area contributed by atoms with E-state index in [1.165, 1.54) is 43.2 Å². The van der Waals surface area contributed by atoms with Crippen molar-refractivity contribution in [3.63, 3.8) is 0 Å². The predicted molar refractivity (Wildman–Crippen MR) is 111 cm³/mol. The summed E-state index contributed by atoms with van der Waals surface area (Å²) in [7, 11) is 1.36. The quantitative estimate of drug-likeness (QED) is 0.461. The number of imide groups is 1. The van der Waals surface area contributed by atoms with Gasteiger partial charge in [0.05, 0.1) is 18.2 Å². The van der Waals surface area contributed by atoms with Crippen LogP contribution in [0.15, 0.2) is 42.5 Å². The number of amides is 3. The van der Waals surface area contributed by atoms with Gasteiger partial charge in [0.25, 0.3) is 17.7 Å². The summed E-state index contributed by atoms with van der Waals surface area (Å²) in [6.45, 7) is 2.95. The number of likely N-dealkylation sites (N-methyl/N-ethyl adjacent to an activating group) is 1. The average Bonchev–Trinajstić information content (AvgIpc) is 3.05. The van der Waals surface area contributed by atoms with Gasteiger partial charge in [-0.15, -0.1) is 0 Å². The monoisotopic (exact) mass is 442 g/mol. The highest BCUT2D eigenvalue weighted by Crippen LogP contribution is 2.25. The van der Waals surface area contributed by atoms with Crippen molar-refractivity contribution >= 4 is 23.7 Å². The predicted octanol–water partition coefficient (Wildman–Crippen LogP) is 2.41. The summed E-state index contributed by atoms with van der Waals surface area (Å²) in [6.07, 6.45) is 0. The molecule has 1 aliphatic heterocycles. The normalized spacial score (nSPS) is 13.6. The van der Waals surface area contributed by atoms with Crippen LogP contribution in [0.1, 0.15) is 40.1 Å². The fourth-order valence-electron chi connectivity index (χ4n) is 3.41. The molecule has 0 aliphatic carbocycles. The van der Waals surface area contributed by atoms with Gasteiger partial charge in [0.15, 0.2) is 18.2 Å². The molecule has 1 heterocycles. The van der Waals surface area contributed by atoms with Crippen LogP contribution < -0.4 is 4.74 Å². The zero-order chi connectivity index (χ0) is 23.4. The van der Waals surface area contributed by atoms with E-state index in [9.17, 15) is 23.6 Å². The van der Waals surface area contributed by atoms with Gasteiger partial charge in [-0.1, -0.05) is 18.2 Å². The average molecular weight is 442 g/mol. The Labute approximate surface area is 184 Å². The van der Waals surface area contributed by atoms with E-state index >= 15 is 0 Å². The number of methoxy groups -OCH3 is 1. The van der Waals surface area contributed by atoms with E-state index < -0.39 is 42.2 Å². The minimum absolute atomic E-state index is 0.0965. The number of hydrogen-bond acceptors (Lipinski definition) is 6. The van der Waals surface area contributed by atoms with E-state index in [4.69, 9.17) is 9.47 Å². The molecule has 1 aliphatic rings. The first-order valence-electron chi connectivity index (χ1n) is 10.0. The third-order valence-corrected chi connectivity index (χ3v) is 5.22. The number of halogens is 1. The van der Waals surface area contributed by atoms with Crippen LogP contribution in [-0.2, 0) is 20.9 Å². The highest BCUT2D eigenvalue weighted by molar-refractivity contribution is 6.22. The summed E-state index contributed by atoms with van der Waals surface area (Å²) in [6, 6.07) is 9.45. The minimum Gasteiger partial charge on any atom is -0.494 e. The van der Waals surface area contributed by atoms with Crippen LogP contribution in [0.2, 0.25) is 0 Å². The first-order chi connectivity index (χ1) is 15.3. The molecule has 9 heteroatoms. The zero-order valence-corrected chi connectivity index (χ0v) is 18.0. The summed E-state index contributed by atoms with van der Waals surface area (Å²) < 4.78 is 23.9. The summed E-state index contributed by atoms with van der Waals surface area (Å²) in [4.78, 5) is 52.2. The lowest BCUT2D eigenvalue weighted by molar-refractivity contribution is -0.155. The van der Waals surface area contributed by atoms with E-state index in [1.807, 2.05) is 0 Å². The maximum Gasteiger partial charge on any atom is 0.329 e. The third kappa shape index (κ3) is 4.46. The molecule has 0 N–H and O–H groups in total. The fourth-order valence-corrected chi connectivity index (χ4v) is 3.41. The number of nitrogens with zero attached hydrogens (tertiary/aromatic N) is 2. The molecule has 3 amide bonds. The maximum absolute atomic E-state index is 13.9. The molecule has 168 valence electrons. The van der Waals surface area contributed by atoms with Gasteiger partial charge in [-0.25, -0.2) is 9.18 Å². The van der Waals surface area contributed by atoms with Gasteiger partial charge < -0.3 is 14.4 Å². The Morgan fingerprint density at radius 1 is 1.09 bits per heavy atom. The van der Waals surface area contributed by atoms with E-state index in [1.54, 1.807) is 25.1 Å². The van der Waals surface area contributed by atoms with Gasteiger partial charge in [0, 0.05) is 13.1 Å². The number of rotatable bonds is 8. The maximum atomic E-state index is 13.9. The minimum atomic E-state index is -1.19. The molecule has 0 bridgehead atoms. The molecule has 1 atom stereocenters. The number of carbonyl (C=O) groups is 4. The van der Waals surface area contributed by atoms with Gasteiger partial charge in [0.1, 0.15) is 6.04 Å². The van der Waals surface area contributed by atoms with E-state index in [2.05, 4.69) is 0 Å². The number of benzene rings is 2. The number of ether oxygens (including phenoxy) is 2. The summed E-state index contributed by atoms with van der Waals surface area (Å²) >= 11 is 0. The summed E-state index contributed by atoms with van der Waals surface area (Å²) in [5.74, 6) is -2.99. The van der Waals surface area contributed by atoms with Crippen LogP contribution in [0.5, 0.6) is 5.75 Å². The molecule has 0 fully saturated rings. The second-order valence-corrected chi connectivity index (χ2v) is 7.19. The Morgan fingerprint density at radius 3 is 2.25 bits per heavy atom. The first kappa shape index (κ1) is 22.9. The van der Waals surface area contributed by atoms with Crippen LogP contribution in [0.4, 0.5) is 4.39 Å². The summed E-state index contributed by atoms with van der Waals surface area (Å²) in [5, 5.41) is 0. The standard InChI is InChI=1S/C23H23FN2O6/c1-4-25(12-15-9-10-19(31-3)18(24)11-15)20(27)13-32-23(30)14(2)26-21(28)16-7-5-6-8-17(16)22(26)29/h5-11,14H,4,12-13H2,1-3H3. The molecule has 0 saturated carbocycles. The first-order valence-corrected chi connectivity index (χ1v) is 10.0. The molecule has 1 unspecified atom stereocenters. The molecule has 32 heavy (non-hydrogen) atoms. The Bertz CT molecular complexity index is 1040. The van der Waals surface area contributed by atoms with Crippen molar-refractivity contribution < 1.29 is 33.0 Å². The molecule has 0 saturated heterocycles. The smallest absolute Gasteiger partial charge is 0.329 e. The lowest BCUT2D eigenvalue weighted by atomic mass is 10.1. The van der Waals surface area contributed by atoms with Crippen LogP contribution in [-0.4, -0.2) is 59.8 Å². The van der Waals surface area contributed by atoms with E-state index in [0.717, 1.165) is 4.90 Å². The number of esters is 1. The van der Waals surface area contributed by atoms with Crippen molar-refractivity contribution in [2.75, 3.05) is 20.3 Å². The van der Waals surface area contributed by atoms with Crippen molar-refractivity contribution in [1.29, 1.82) is 0 Å². The zero-order valence-electron chi connectivity index (χ0n) is 18.0. The largest absolute Gasteiger partial charge is 0.494 e. The van der Waals surface area contributed by atoms with Gasteiger partial charge in [0.2, 0.25) is 0 Å². The fraction of sp³-hybridized carbons (Fsp3) is 0.304.